The predicted octanol–water partition coefficient (Wildman–Crippen LogP) is 5.67. The van der Waals surface area contributed by atoms with Gasteiger partial charge in [0.25, 0.3) is 5.91 Å². The molecule has 4 aromatic carbocycles. The molecular formula is C53H69N6O9+. The number of carboxylic acid groups (broad SMARTS) is 1. The summed E-state index contributed by atoms with van der Waals surface area (Å²) >= 11 is 0. The molecule has 1 aliphatic rings. The lowest BCUT2D eigenvalue weighted by atomic mass is 9.93. The second kappa shape index (κ2) is 24.9. The number of benzene rings is 4. The molecule has 0 radical (unpaired) electrons. The molecule has 0 fully saturated rings. The average molecular weight is 934 g/mol. The van der Waals surface area contributed by atoms with Crippen molar-refractivity contribution < 1.29 is 49.8 Å². The summed E-state index contributed by atoms with van der Waals surface area (Å²) in [6.45, 7) is 8.82. The molecule has 4 aromatic rings. The van der Waals surface area contributed by atoms with E-state index in [0.29, 0.717) is 36.4 Å². The van der Waals surface area contributed by atoms with Gasteiger partial charge in [-0.25, -0.2) is 4.79 Å². The highest BCUT2D eigenvalue weighted by atomic mass is 16.4. The van der Waals surface area contributed by atoms with Gasteiger partial charge in [0.1, 0.15) is 35.7 Å². The number of hydrogen-bond donors (Lipinski definition) is 8. The van der Waals surface area contributed by atoms with E-state index in [4.69, 9.17) is 0 Å². The Balaban J connectivity index is 1.25. The van der Waals surface area contributed by atoms with E-state index in [2.05, 4.69) is 72.0 Å². The smallest absolute Gasteiger partial charge is 0.326 e. The maximum atomic E-state index is 14.4. The summed E-state index contributed by atoms with van der Waals surface area (Å²) in [5.41, 5.74) is 8.51. The van der Waals surface area contributed by atoms with E-state index in [9.17, 15) is 44.1 Å². The number of aromatic hydroxyl groups is 2. The van der Waals surface area contributed by atoms with Crippen molar-refractivity contribution in [2.75, 3.05) is 20.1 Å². The minimum Gasteiger partial charge on any atom is -0.507 e. The lowest BCUT2D eigenvalue weighted by molar-refractivity contribution is -0.368. The van der Waals surface area contributed by atoms with Gasteiger partial charge in [-0.05, 0) is 115 Å². The van der Waals surface area contributed by atoms with E-state index >= 15 is 0 Å². The van der Waals surface area contributed by atoms with Crippen molar-refractivity contribution in [3.05, 3.63) is 107 Å². The van der Waals surface area contributed by atoms with E-state index in [1.165, 1.54) is 75.2 Å². The van der Waals surface area contributed by atoms with Crippen molar-refractivity contribution in [2.45, 2.75) is 116 Å². The molecular weight excluding hydrogens is 865 g/mol. The summed E-state index contributed by atoms with van der Waals surface area (Å²) in [6, 6.07) is 19.1. The number of amides is 5. The third kappa shape index (κ3) is 14.6. The minimum absolute atomic E-state index is 0.0160. The fraction of sp³-hybridized carbons (Fsp3) is 0.434. The SMILES string of the molecule is CC(C)CCCC(C)CCc1ccc(-c2ccc(C(=O)NCCC(=O)N[C@@H](CCCC[NH3+])C(=O)N(C)[C@@H]3C(=O)N[C@@H](C)C(=O)N[C@H](C(=O)O)Cc4ccc(O)c(c4)-c4cc3ccc4O)cc2)cc1. The molecule has 4 bridgehead atoms. The Morgan fingerprint density at radius 1 is 0.779 bits per heavy atom. The number of hydrogen-bond acceptors (Lipinski definition) is 8. The first-order chi connectivity index (χ1) is 32.4. The number of phenols is 2. The molecule has 1 aliphatic heterocycles. The number of phenolic OH excluding ortho intramolecular Hbond substituents is 2. The molecule has 5 amide bonds. The maximum absolute atomic E-state index is 14.4. The van der Waals surface area contributed by atoms with Crippen LogP contribution in [0.15, 0.2) is 84.9 Å². The second-order valence-electron chi connectivity index (χ2n) is 18.5. The fourth-order valence-corrected chi connectivity index (χ4v) is 8.43. The van der Waals surface area contributed by atoms with E-state index in [-0.39, 0.29) is 59.9 Å². The number of nitrogens with one attached hydrogen (secondary N) is 4. The first kappa shape index (κ1) is 52.2. The third-order valence-corrected chi connectivity index (χ3v) is 12.6. The molecule has 15 heteroatoms. The van der Waals surface area contributed by atoms with E-state index in [1.807, 2.05) is 12.1 Å². The largest absolute Gasteiger partial charge is 0.507 e. The number of fused-ring (bicyclic) bond motifs is 5. The average Bonchev–Trinajstić information content (AvgIpc) is 3.31. The molecule has 0 aromatic heterocycles. The molecule has 1 heterocycles. The number of aliphatic carboxylic acids is 1. The van der Waals surface area contributed by atoms with Crippen molar-refractivity contribution in [3.8, 4) is 33.8 Å². The van der Waals surface area contributed by atoms with Crippen LogP contribution in [0, 0.1) is 11.8 Å². The summed E-state index contributed by atoms with van der Waals surface area (Å²) in [4.78, 5) is 81.8. The van der Waals surface area contributed by atoms with Crippen LogP contribution in [0.1, 0.15) is 112 Å². The topological polar surface area (TPSA) is 242 Å². The monoisotopic (exact) mass is 934 g/mol. The van der Waals surface area contributed by atoms with Gasteiger partial charge in [-0.1, -0.05) is 88.6 Å². The minimum atomic E-state index is -1.43. The number of carboxylic acids is 1. The van der Waals surface area contributed by atoms with E-state index in [1.54, 1.807) is 12.1 Å². The number of unbranched alkanes of at least 4 members (excludes halogenated alkanes) is 1. The highest BCUT2D eigenvalue weighted by molar-refractivity contribution is 5.97. The van der Waals surface area contributed by atoms with Gasteiger partial charge in [0, 0.05) is 43.1 Å². The zero-order valence-electron chi connectivity index (χ0n) is 40.0. The third-order valence-electron chi connectivity index (χ3n) is 12.6. The Labute approximate surface area is 399 Å². The molecule has 0 saturated heterocycles. The summed E-state index contributed by atoms with van der Waals surface area (Å²) in [6.07, 6.45) is 7.06. The fourth-order valence-electron chi connectivity index (χ4n) is 8.43. The van der Waals surface area contributed by atoms with Crippen LogP contribution in [-0.4, -0.2) is 94.0 Å². The number of aryl methyl sites for hydroxylation is 1. The van der Waals surface area contributed by atoms with Gasteiger partial charge in [-0.3, -0.25) is 24.0 Å². The van der Waals surface area contributed by atoms with Gasteiger partial charge in [0.2, 0.25) is 23.6 Å². The molecule has 5 atom stereocenters. The van der Waals surface area contributed by atoms with E-state index < -0.39 is 53.8 Å². The van der Waals surface area contributed by atoms with Crippen LogP contribution < -0.4 is 27.0 Å². The lowest BCUT2D eigenvalue weighted by Gasteiger charge is -2.32. The zero-order chi connectivity index (χ0) is 49.5. The number of likely N-dealkylation sites (N-methyl/N-ethyl adjacent to an activating group) is 1. The van der Waals surface area contributed by atoms with Crippen LogP contribution in [0.2, 0.25) is 0 Å². The first-order valence-electron chi connectivity index (χ1n) is 23.8. The number of rotatable bonds is 20. The Kier molecular flexibility index (Phi) is 19.1. The van der Waals surface area contributed by atoms with E-state index in [0.717, 1.165) is 34.8 Å². The molecule has 0 saturated carbocycles. The van der Waals surface area contributed by atoms with Crippen LogP contribution in [-0.2, 0) is 36.8 Å². The molecule has 0 aliphatic carbocycles. The van der Waals surface area contributed by atoms with Crippen LogP contribution in [0.3, 0.4) is 0 Å². The molecule has 0 spiro atoms. The Morgan fingerprint density at radius 3 is 2.07 bits per heavy atom. The Morgan fingerprint density at radius 2 is 1.43 bits per heavy atom. The molecule has 364 valence electrons. The second-order valence-corrected chi connectivity index (χ2v) is 18.5. The van der Waals surface area contributed by atoms with Gasteiger partial charge in [0.15, 0.2) is 0 Å². The first-order valence-corrected chi connectivity index (χ1v) is 23.8. The van der Waals surface area contributed by atoms with Crippen LogP contribution in [0.5, 0.6) is 11.5 Å². The number of quaternary nitrogens is 1. The maximum Gasteiger partial charge on any atom is 0.326 e. The highest BCUT2D eigenvalue weighted by Crippen LogP contribution is 2.39. The summed E-state index contributed by atoms with van der Waals surface area (Å²) in [5.74, 6) is -3.50. The summed E-state index contributed by atoms with van der Waals surface area (Å²) in [5, 5.41) is 42.4. The molecule has 15 nitrogen and oxygen atoms in total. The van der Waals surface area contributed by atoms with Crippen molar-refractivity contribution in [2.24, 2.45) is 11.8 Å². The van der Waals surface area contributed by atoms with Gasteiger partial charge >= 0.3 is 5.97 Å². The van der Waals surface area contributed by atoms with Crippen LogP contribution in [0.25, 0.3) is 22.3 Å². The van der Waals surface area contributed by atoms with Gasteiger partial charge in [-0.15, -0.1) is 0 Å². The normalized spacial score (nSPS) is 17.0. The quantitative estimate of drug-likeness (QED) is 0.0509. The molecule has 5 rings (SSSR count). The van der Waals surface area contributed by atoms with Crippen molar-refractivity contribution in [1.29, 1.82) is 0 Å². The van der Waals surface area contributed by atoms with Crippen molar-refractivity contribution in [1.82, 2.24) is 26.2 Å². The lowest BCUT2D eigenvalue weighted by Crippen LogP contribution is -2.55. The number of carbonyl (C=O) groups excluding carboxylic acids is 5. The molecule has 68 heavy (non-hydrogen) atoms. The van der Waals surface area contributed by atoms with Crippen LogP contribution >= 0.6 is 0 Å². The predicted molar refractivity (Wildman–Crippen MR) is 260 cm³/mol. The number of carbonyl (C=O) groups is 6. The molecule has 1 unspecified atom stereocenters. The van der Waals surface area contributed by atoms with Crippen LogP contribution in [0.4, 0.5) is 0 Å². The Bertz CT molecular complexity index is 2390. The number of nitrogens with zero attached hydrogens (tertiary/aromatic N) is 1. The Hall–Kier alpha value is -6.74. The summed E-state index contributed by atoms with van der Waals surface area (Å²) in [7, 11) is 1.38. The van der Waals surface area contributed by atoms with Gasteiger partial charge in [-0.2, -0.15) is 0 Å². The summed E-state index contributed by atoms with van der Waals surface area (Å²) < 4.78 is 0. The zero-order valence-corrected chi connectivity index (χ0v) is 40.0. The standard InChI is InChI=1S/C53H68N6O9/c1-32(2)9-8-10-33(3)12-13-35-14-17-37(18-15-35)38-19-21-39(22-20-38)50(64)55-28-26-47(62)57-43(11-6-7-27-54)52(66)59(5)48-40-23-25-46(61)42(31-40)41-29-36(16-24-45(41)60)30-44(53(67)68)58-49(63)34(4)56-51(48)65/h14-25,29,31-34,43-44,48,60-61H,6-13,26-28,30,54H2,1-5H3,(H,55,64)(H,56,65)(H,57,62)(H,58,63)(H,67,68)/p+1/t33?,34-,43-,44-,48-/m0/s1. The van der Waals surface area contributed by atoms with Crippen molar-refractivity contribution in [3.63, 3.8) is 0 Å². The highest BCUT2D eigenvalue weighted by Gasteiger charge is 2.36. The van der Waals surface area contributed by atoms with Gasteiger partial charge < -0.3 is 47.2 Å². The molecule has 10 N–H and O–H groups in total. The van der Waals surface area contributed by atoms with Crippen molar-refractivity contribution >= 4 is 35.5 Å². The van der Waals surface area contributed by atoms with Gasteiger partial charge in [0.05, 0.1) is 6.54 Å².